The van der Waals surface area contributed by atoms with Crippen molar-refractivity contribution in [1.82, 2.24) is 10.6 Å². The quantitative estimate of drug-likeness (QED) is 0.786. The molecule has 15 heavy (non-hydrogen) atoms. The van der Waals surface area contributed by atoms with Crippen LogP contribution < -0.4 is 10.6 Å². The van der Waals surface area contributed by atoms with Crippen molar-refractivity contribution in [2.45, 2.75) is 31.8 Å². The summed E-state index contributed by atoms with van der Waals surface area (Å²) in [5, 5.41) is 7.09. The van der Waals surface area contributed by atoms with Gasteiger partial charge in [0.25, 0.3) is 0 Å². The molecule has 1 atom stereocenters. The van der Waals surface area contributed by atoms with E-state index in [0.717, 1.165) is 13.1 Å². The summed E-state index contributed by atoms with van der Waals surface area (Å²) in [6, 6.07) is 11.3. The highest BCUT2D eigenvalue weighted by Gasteiger charge is 2.10. The third-order valence-corrected chi connectivity index (χ3v) is 2.98. The summed E-state index contributed by atoms with van der Waals surface area (Å²) in [4.78, 5) is 0. The van der Waals surface area contributed by atoms with Gasteiger partial charge >= 0.3 is 0 Å². The van der Waals surface area contributed by atoms with E-state index in [9.17, 15) is 0 Å². The second kappa shape index (κ2) is 5.89. The average Bonchev–Trinajstić information content (AvgIpc) is 2.56. The molecule has 1 heterocycles. The van der Waals surface area contributed by atoms with E-state index in [1.165, 1.54) is 31.4 Å². The average molecular weight is 204 g/mol. The molecule has 1 aromatic carbocycles. The zero-order chi connectivity index (χ0) is 10.3. The monoisotopic (exact) mass is 204 g/mol. The van der Waals surface area contributed by atoms with Crippen LogP contribution in [0, 0.1) is 0 Å². The molecule has 1 unspecified atom stereocenters. The van der Waals surface area contributed by atoms with Gasteiger partial charge in [0.1, 0.15) is 0 Å². The summed E-state index contributed by atoms with van der Waals surface area (Å²) >= 11 is 0. The molecule has 0 radical (unpaired) electrons. The van der Waals surface area contributed by atoms with Gasteiger partial charge in [0.2, 0.25) is 0 Å². The van der Waals surface area contributed by atoms with Crippen LogP contribution >= 0.6 is 0 Å². The maximum absolute atomic E-state index is 3.62. The number of hydrogen-bond acceptors (Lipinski definition) is 2. The van der Waals surface area contributed by atoms with Gasteiger partial charge in [-0.1, -0.05) is 36.8 Å². The lowest BCUT2D eigenvalue weighted by atomic mass is 10.1. The van der Waals surface area contributed by atoms with Gasteiger partial charge in [-0.05, 0) is 24.9 Å². The van der Waals surface area contributed by atoms with Gasteiger partial charge in [-0.3, -0.25) is 0 Å². The fourth-order valence-corrected chi connectivity index (χ4v) is 2.05. The first-order valence-corrected chi connectivity index (χ1v) is 5.93. The molecule has 0 saturated carbocycles. The molecule has 82 valence electrons. The van der Waals surface area contributed by atoms with Crippen molar-refractivity contribution in [2.75, 3.05) is 13.1 Å². The van der Waals surface area contributed by atoms with E-state index in [0.29, 0.717) is 6.04 Å². The van der Waals surface area contributed by atoms with Gasteiger partial charge in [-0.15, -0.1) is 0 Å². The molecule has 1 aliphatic rings. The molecular weight excluding hydrogens is 184 g/mol. The smallest absolute Gasteiger partial charge is 0.0208 e. The molecule has 2 rings (SSSR count). The minimum absolute atomic E-state index is 0.646. The van der Waals surface area contributed by atoms with Gasteiger partial charge in [0, 0.05) is 19.1 Å². The van der Waals surface area contributed by atoms with Crippen molar-refractivity contribution in [3.05, 3.63) is 35.9 Å². The molecule has 2 nitrogen and oxygen atoms in total. The van der Waals surface area contributed by atoms with Crippen LogP contribution in [0.1, 0.15) is 24.8 Å². The van der Waals surface area contributed by atoms with Crippen LogP contribution in [0.4, 0.5) is 0 Å². The topological polar surface area (TPSA) is 24.1 Å². The Bertz CT molecular complexity index is 263. The van der Waals surface area contributed by atoms with Crippen molar-refractivity contribution >= 4 is 0 Å². The van der Waals surface area contributed by atoms with Crippen LogP contribution in [0.2, 0.25) is 0 Å². The summed E-state index contributed by atoms with van der Waals surface area (Å²) in [5.41, 5.74) is 1.38. The normalized spacial score (nSPS) is 22.3. The molecule has 0 aromatic heterocycles. The standard InChI is InChI=1S/C13H20N2/c1-2-6-12(7-3-1)10-15-13-8-4-5-9-14-11-13/h1-3,6-7,13-15H,4-5,8-11H2. The molecule has 2 heteroatoms. The summed E-state index contributed by atoms with van der Waals surface area (Å²) in [6.45, 7) is 3.30. The van der Waals surface area contributed by atoms with Crippen LogP contribution in [0.25, 0.3) is 0 Å². The van der Waals surface area contributed by atoms with Crippen LogP contribution in [0.5, 0.6) is 0 Å². The molecule has 0 spiro atoms. The Balaban J connectivity index is 1.77. The maximum atomic E-state index is 3.62. The maximum Gasteiger partial charge on any atom is 0.0208 e. The van der Waals surface area contributed by atoms with E-state index < -0.39 is 0 Å². The SMILES string of the molecule is c1ccc(CNC2CCCCNC2)cc1. The minimum Gasteiger partial charge on any atom is -0.315 e. The third kappa shape index (κ3) is 3.65. The van der Waals surface area contributed by atoms with Crippen molar-refractivity contribution in [3.63, 3.8) is 0 Å². The predicted molar refractivity (Wildman–Crippen MR) is 63.8 cm³/mol. The first kappa shape index (κ1) is 10.7. The van der Waals surface area contributed by atoms with Crippen LogP contribution in [0.15, 0.2) is 30.3 Å². The lowest BCUT2D eigenvalue weighted by Crippen LogP contribution is -2.36. The lowest BCUT2D eigenvalue weighted by Gasteiger charge is -2.16. The van der Waals surface area contributed by atoms with Crippen molar-refractivity contribution in [2.24, 2.45) is 0 Å². The number of benzene rings is 1. The summed E-state index contributed by atoms with van der Waals surface area (Å²) in [7, 11) is 0. The fraction of sp³-hybridized carbons (Fsp3) is 0.538. The molecule has 1 aliphatic heterocycles. The lowest BCUT2D eigenvalue weighted by molar-refractivity contribution is 0.474. The Kier molecular flexibility index (Phi) is 4.18. The van der Waals surface area contributed by atoms with Crippen LogP contribution in [0.3, 0.4) is 0 Å². The Morgan fingerprint density at radius 3 is 2.93 bits per heavy atom. The second-order valence-electron chi connectivity index (χ2n) is 4.26. The molecule has 0 aliphatic carbocycles. The molecule has 1 saturated heterocycles. The highest BCUT2D eigenvalue weighted by Crippen LogP contribution is 2.05. The molecule has 2 N–H and O–H groups in total. The number of rotatable bonds is 3. The minimum atomic E-state index is 0.646. The number of nitrogens with one attached hydrogen (secondary N) is 2. The predicted octanol–water partition coefficient (Wildman–Crippen LogP) is 1.92. The van der Waals surface area contributed by atoms with Gasteiger partial charge in [0.15, 0.2) is 0 Å². The zero-order valence-electron chi connectivity index (χ0n) is 9.21. The van der Waals surface area contributed by atoms with E-state index in [1.54, 1.807) is 0 Å². The molecule has 1 aromatic rings. The van der Waals surface area contributed by atoms with E-state index in [4.69, 9.17) is 0 Å². The molecule has 0 bridgehead atoms. The highest BCUT2D eigenvalue weighted by molar-refractivity contribution is 5.14. The summed E-state index contributed by atoms with van der Waals surface area (Å²) in [6.07, 6.45) is 3.98. The Morgan fingerprint density at radius 2 is 2.07 bits per heavy atom. The fourth-order valence-electron chi connectivity index (χ4n) is 2.05. The van der Waals surface area contributed by atoms with Gasteiger partial charge in [-0.2, -0.15) is 0 Å². The Labute approximate surface area is 92.1 Å². The van der Waals surface area contributed by atoms with E-state index in [1.807, 2.05) is 0 Å². The van der Waals surface area contributed by atoms with E-state index in [2.05, 4.69) is 41.0 Å². The Hall–Kier alpha value is -0.860. The van der Waals surface area contributed by atoms with E-state index in [-0.39, 0.29) is 0 Å². The first-order valence-electron chi connectivity index (χ1n) is 5.93. The summed E-state index contributed by atoms with van der Waals surface area (Å²) < 4.78 is 0. The Morgan fingerprint density at radius 1 is 1.20 bits per heavy atom. The van der Waals surface area contributed by atoms with Crippen LogP contribution in [-0.4, -0.2) is 19.1 Å². The molecule has 1 fully saturated rings. The zero-order valence-corrected chi connectivity index (χ0v) is 9.21. The van der Waals surface area contributed by atoms with Gasteiger partial charge in [-0.25, -0.2) is 0 Å². The van der Waals surface area contributed by atoms with Crippen molar-refractivity contribution < 1.29 is 0 Å². The third-order valence-electron chi connectivity index (χ3n) is 2.98. The first-order chi connectivity index (χ1) is 7.45. The van der Waals surface area contributed by atoms with Crippen LogP contribution in [-0.2, 0) is 6.54 Å². The van der Waals surface area contributed by atoms with Crippen molar-refractivity contribution in [3.8, 4) is 0 Å². The molecule has 0 amide bonds. The van der Waals surface area contributed by atoms with E-state index >= 15 is 0 Å². The molecular formula is C13H20N2. The number of hydrogen-bond donors (Lipinski definition) is 2. The summed E-state index contributed by atoms with van der Waals surface area (Å²) in [5.74, 6) is 0. The van der Waals surface area contributed by atoms with Gasteiger partial charge < -0.3 is 10.6 Å². The van der Waals surface area contributed by atoms with Gasteiger partial charge in [0.05, 0.1) is 0 Å². The largest absolute Gasteiger partial charge is 0.315 e. The highest BCUT2D eigenvalue weighted by atomic mass is 15.0. The van der Waals surface area contributed by atoms with Crippen molar-refractivity contribution in [1.29, 1.82) is 0 Å². The second-order valence-corrected chi connectivity index (χ2v) is 4.26.